The number of fused-ring (bicyclic) bond motifs is 1. The van der Waals surface area contributed by atoms with Crippen LogP contribution in [-0.4, -0.2) is 5.78 Å². The van der Waals surface area contributed by atoms with Gasteiger partial charge in [-0.1, -0.05) is 31.9 Å². The molecule has 0 bridgehead atoms. The Morgan fingerprint density at radius 3 is 2.23 bits per heavy atom. The first-order chi connectivity index (χ1) is 6.04. The van der Waals surface area contributed by atoms with E-state index in [1.807, 2.05) is 13.8 Å². The van der Waals surface area contributed by atoms with Gasteiger partial charge in [0.1, 0.15) is 0 Å². The Morgan fingerprint density at radius 1 is 1.08 bits per heavy atom. The van der Waals surface area contributed by atoms with Gasteiger partial charge < -0.3 is 0 Å². The molecule has 1 nitrogen and oxygen atoms in total. The molecule has 0 atom stereocenters. The number of carbonyl (C=O) groups excluding carboxylic acids is 1. The fourth-order valence-electron chi connectivity index (χ4n) is 1.74. The first-order valence-corrected chi connectivity index (χ1v) is 5.63. The highest BCUT2D eigenvalue weighted by Gasteiger charge is 2.30. The van der Waals surface area contributed by atoms with E-state index >= 15 is 0 Å². The molecule has 0 saturated carbocycles. The van der Waals surface area contributed by atoms with Gasteiger partial charge in [0, 0.05) is 20.9 Å². The molecule has 0 amide bonds. The van der Waals surface area contributed by atoms with Crippen LogP contribution in [0.2, 0.25) is 0 Å². The van der Waals surface area contributed by atoms with E-state index in [1.54, 1.807) is 0 Å². The van der Waals surface area contributed by atoms with Crippen molar-refractivity contribution in [3.8, 4) is 0 Å². The lowest BCUT2D eigenvalue weighted by Crippen LogP contribution is -2.22. The van der Waals surface area contributed by atoms with Gasteiger partial charge in [0.2, 0.25) is 0 Å². The quantitative estimate of drug-likeness (QED) is 0.716. The first-order valence-electron chi connectivity index (χ1n) is 4.04. The summed E-state index contributed by atoms with van der Waals surface area (Å²) in [5.41, 5.74) is 4.34. The zero-order valence-electron chi connectivity index (χ0n) is 7.37. The summed E-state index contributed by atoms with van der Waals surface area (Å²) < 4.78 is 2.13. The van der Waals surface area contributed by atoms with Gasteiger partial charge in [-0.3, -0.25) is 4.79 Å². The Morgan fingerprint density at radius 2 is 1.69 bits per heavy atom. The number of ketones is 1. The van der Waals surface area contributed by atoms with Crippen LogP contribution in [0.25, 0.3) is 0 Å². The minimum atomic E-state index is 0.258. The summed E-state index contributed by atoms with van der Waals surface area (Å²) in [5, 5.41) is 0. The summed E-state index contributed by atoms with van der Waals surface area (Å²) in [7, 11) is 0. The van der Waals surface area contributed by atoms with Crippen LogP contribution >= 0.6 is 31.9 Å². The predicted molar refractivity (Wildman–Crippen MR) is 59.4 cm³/mol. The van der Waals surface area contributed by atoms with Gasteiger partial charge >= 0.3 is 0 Å². The van der Waals surface area contributed by atoms with Crippen LogP contribution in [-0.2, 0) is 6.42 Å². The molecule has 1 aliphatic carbocycles. The smallest absolute Gasteiger partial charge is 0.167 e. The SMILES string of the molecule is Cc1c(Br)c(C)c2c(c1Br)CC2=O. The van der Waals surface area contributed by atoms with Crippen molar-refractivity contribution < 1.29 is 4.79 Å². The average molecular weight is 304 g/mol. The fourth-order valence-corrected chi connectivity index (χ4v) is 2.93. The third kappa shape index (κ3) is 1.13. The van der Waals surface area contributed by atoms with Gasteiger partial charge in [-0.25, -0.2) is 0 Å². The third-order valence-electron chi connectivity index (χ3n) is 2.55. The largest absolute Gasteiger partial charge is 0.294 e. The van der Waals surface area contributed by atoms with Crippen molar-refractivity contribution in [2.45, 2.75) is 20.3 Å². The lowest BCUT2D eigenvalue weighted by atomic mass is 9.82. The maximum atomic E-state index is 11.3. The summed E-state index contributed by atoms with van der Waals surface area (Å²) >= 11 is 7.01. The van der Waals surface area contributed by atoms with Crippen molar-refractivity contribution >= 4 is 37.6 Å². The molecule has 0 spiro atoms. The molecular weight excluding hydrogens is 296 g/mol. The second-order valence-corrected chi connectivity index (χ2v) is 4.92. The maximum absolute atomic E-state index is 11.3. The van der Waals surface area contributed by atoms with Crippen molar-refractivity contribution in [2.75, 3.05) is 0 Å². The van der Waals surface area contributed by atoms with E-state index in [9.17, 15) is 4.79 Å². The summed E-state index contributed by atoms with van der Waals surface area (Å²) in [4.78, 5) is 11.3. The van der Waals surface area contributed by atoms with Crippen LogP contribution in [0.5, 0.6) is 0 Å². The lowest BCUT2D eigenvalue weighted by Gasteiger charge is -2.24. The van der Waals surface area contributed by atoms with Crippen LogP contribution in [0.1, 0.15) is 27.0 Å². The molecule has 0 fully saturated rings. The van der Waals surface area contributed by atoms with E-state index in [4.69, 9.17) is 0 Å². The van der Waals surface area contributed by atoms with Gasteiger partial charge in [0.05, 0.1) is 0 Å². The fraction of sp³-hybridized carbons (Fsp3) is 0.300. The third-order valence-corrected chi connectivity index (χ3v) is 4.81. The van der Waals surface area contributed by atoms with Crippen molar-refractivity contribution in [2.24, 2.45) is 0 Å². The van der Waals surface area contributed by atoms with E-state index in [1.165, 1.54) is 11.1 Å². The molecule has 1 aromatic carbocycles. The molecule has 0 N–H and O–H groups in total. The normalized spacial score (nSPS) is 14.0. The Balaban J connectivity index is 2.82. The topological polar surface area (TPSA) is 17.1 Å². The monoisotopic (exact) mass is 302 g/mol. The van der Waals surface area contributed by atoms with E-state index in [-0.39, 0.29) is 5.78 Å². The Bertz CT molecular complexity index is 398. The standard InChI is InChI=1S/C10H8Br2O/c1-4-8-6(3-7(8)13)10(12)5(2)9(4)11/h3H2,1-2H3. The van der Waals surface area contributed by atoms with Crippen LogP contribution in [0.3, 0.4) is 0 Å². The van der Waals surface area contributed by atoms with E-state index in [0.717, 1.165) is 20.1 Å². The first kappa shape index (κ1) is 9.41. The number of hydrogen-bond donors (Lipinski definition) is 0. The number of carbonyl (C=O) groups is 1. The molecule has 0 heterocycles. The van der Waals surface area contributed by atoms with Gasteiger partial charge in [-0.15, -0.1) is 0 Å². The molecule has 0 aliphatic heterocycles. The Labute approximate surface area is 93.8 Å². The molecule has 2 rings (SSSR count). The van der Waals surface area contributed by atoms with Crippen molar-refractivity contribution in [3.63, 3.8) is 0 Å². The van der Waals surface area contributed by atoms with Gasteiger partial charge in [0.15, 0.2) is 5.78 Å². The van der Waals surface area contributed by atoms with Gasteiger partial charge in [-0.2, -0.15) is 0 Å². The highest BCUT2D eigenvalue weighted by atomic mass is 79.9. The maximum Gasteiger partial charge on any atom is 0.167 e. The molecular formula is C10H8Br2O. The summed E-state index contributed by atoms with van der Waals surface area (Å²) in [6.07, 6.45) is 0.588. The zero-order chi connectivity index (χ0) is 9.75. The molecule has 0 unspecified atom stereocenters. The second kappa shape index (κ2) is 2.92. The summed E-state index contributed by atoms with van der Waals surface area (Å²) in [5.74, 6) is 0.258. The van der Waals surface area contributed by atoms with E-state index in [2.05, 4.69) is 31.9 Å². The predicted octanol–water partition coefficient (Wildman–Crippen LogP) is 3.57. The number of Topliss-reactive ketones (excluding diaryl/α,β-unsaturated/α-hetero) is 1. The van der Waals surface area contributed by atoms with Crippen molar-refractivity contribution in [1.29, 1.82) is 0 Å². The molecule has 13 heavy (non-hydrogen) atoms. The molecule has 0 radical (unpaired) electrons. The van der Waals surface area contributed by atoms with Crippen LogP contribution in [0, 0.1) is 13.8 Å². The summed E-state index contributed by atoms with van der Waals surface area (Å²) in [6, 6.07) is 0. The van der Waals surface area contributed by atoms with Crippen LogP contribution in [0.4, 0.5) is 0 Å². The molecule has 0 saturated heterocycles. The van der Waals surface area contributed by atoms with Gasteiger partial charge in [0.25, 0.3) is 0 Å². The highest BCUT2D eigenvalue weighted by Crippen LogP contribution is 2.40. The molecule has 0 aromatic heterocycles. The number of benzene rings is 1. The van der Waals surface area contributed by atoms with E-state index in [0.29, 0.717) is 6.42 Å². The number of hydrogen-bond acceptors (Lipinski definition) is 1. The van der Waals surface area contributed by atoms with E-state index < -0.39 is 0 Å². The van der Waals surface area contributed by atoms with Crippen molar-refractivity contribution in [1.82, 2.24) is 0 Å². The second-order valence-electron chi connectivity index (χ2n) is 3.33. The summed E-state index contributed by atoms with van der Waals surface area (Å²) in [6.45, 7) is 4.03. The van der Waals surface area contributed by atoms with Gasteiger partial charge in [-0.05, 0) is 30.5 Å². The average Bonchev–Trinajstić information content (AvgIpc) is 2.08. The minimum Gasteiger partial charge on any atom is -0.294 e. The molecule has 1 aliphatic rings. The Hall–Kier alpha value is -0.150. The molecule has 68 valence electrons. The van der Waals surface area contributed by atoms with Crippen LogP contribution < -0.4 is 0 Å². The highest BCUT2D eigenvalue weighted by molar-refractivity contribution is 9.11. The zero-order valence-corrected chi connectivity index (χ0v) is 10.5. The van der Waals surface area contributed by atoms with Crippen molar-refractivity contribution in [3.05, 3.63) is 31.2 Å². The lowest BCUT2D eigenvalue weighted by molar-refractivity contribution is 0.0966. The Kier molecular flexibility index (Phi) is 2.11. The number of halogens is 2. The number of rotatable bonds is 0. The van der Waals surface area contributed by atoms with Crippen LogP contribution in [0.15, 0.2) is 8.95 Å². The molecule has 3 heteroatoms. The minimum absolute atomic E-state index is 0.258. The molecule has 1 aromatic rings.